The van der Waals surface area contributed by atoms with Gasteiger partial charge in [-0.1, -0.05) is 60.7 Å². The lowest BCUT2D eigenvalue weighted by Crippen LogP contribution is -2.47. The lowest BCUT2D eigenvalue weighted by Gasteiger charge is -2.38. The first-order chi connectivity index (χ1) is 18.9. The first kappa shape index (κ1) is 26.7. The van der Waals surface area contributed by atoms with E-state index in [1.54, 1.807) is 0 Å². The molecule has 5 rings (SSSR count). The van der Waals surface area contributed by atoms with Crippen LogP contribution in [0, 0.1) is 0 Å². The number of rotatable bonds is 7. The largest absolute Gasteiger partial charge is 0.444 e. The molecule has 4 aromatic rings. The van der Waals surface area contributed by atoms with E-state index in [1.807, 2.05) is 57.2 Å². The Morgan fingerprint density at radius 2 is 1.64 bits per heavy atom. The Morgan fingerprint density at radius 3 is 2.36 bits per heavy atom. The van der Waals surface area contributed by atoms with Crippen LogP contribution in [0.5, 0.6) is 0 Å². The molecule has 2 heterocycles. The third-order valence-electron chi connectivity index (χ3n) is 6.58. The average molecular weight is 525 g/mol. The van der Waals surface area contributed by atoms with Crippen LogP contribution in [0.1, 0.15) is 37.9 Å². The van der Waals surface area contributed by atoms with Gasteiger partial charge in [0.05, 0.1) is 30.5 Å². The predicted molar refractivity (Wildman–Crippen MR) is 155 cm³/mol. The highest BCUT2D eigenvalue weighted by Gasteiger charge is 2.24. The van der Waals surface area contributed by atoms with Crippen molar-refractivity contribution in [3.8, 4) is 0 Å². The quantitative estimate of drug-likeness (QED) is 0.301. The molecule has 0 saturated carbocycles. The first-order valence-corrected chi connectivity index (χ1v) is 13.5. The number of nitrogens with one attached hydrogen (secondary N) is 1. The van der Waals surface area contributed by atoms with Gasteiger partial charge in [0.1, 0.15) is 11.4 Å². The van der Waals surface area contributed by atoms with E-state index in [2.05, 4.69) is 69.9 Å². The molecule has 1 amide bonds. The summed E-state index contributed by atoms with van der Waals surface area (Å²) in [4.78, 5) is 17.7. The van der Waals surface area contributed by atoms with Crippen molar-refractivity contribution in [2.45, 2.75) is 38.8 Å². The number of carbonyl (C=O) groups excluding carboxylic acids is 1. The predicted octanol–water partition coefficient (Wildman–Crippen LogP) is 6.43. The van der Waals surface area contributed by atoms with Crippen molar-refractivity contribution in [2.75, 3.05) is 31.3 Å². The molecule has 3 aromatic carbocycles. The van der Waals surface area contributed by atoms with Gasteiger partial charge in [-0.3, -0.25) is 5.01 Å². The maximum Gasteiger partial charge on any atom is 0.408 e. The molecule has 7 nitrogen and oxygen atoms in total. The molecule has 1 aromatic heterocycles. The Hall–Kier alpha value is -3.94. The van der Waals surface area contributed by atoms with Gasteiger partial charge < -0.3 is 14.8 Å². The molecular weight excluding hydrogens is 488 g/mol. The number of hydrazine groups is 1. The number of hydrogen-bond acceptors (Lipinski definition) is 6. The number of amides is 1. The van der Waals surface area contributed by atoms with E-state index in [-0.39, 0.29) is 6.04 Å². The second kappa shape index (κ2) is 11.8. The Morgan fingerprint density at radius 1 is 0.949 bits per heavy atom. The van der Waals surface area contributed by atoms with E-state index < -0.39 is 11.7 Å². The molecule has 7 heteroatoms. The standard InChI is InChI=1S/C32H36N4O3/c1-32(2,3)39-31(37)34-29(23-24-9-5-4-6-10-24)26-13-16-27(17-14-26)36(35-19-21-38-22-20-35)30-18-15-25-11-7-8-12-28(25)33-30/h4-18,29H,19-23H2,1-3H3,(H,34,37). The summed E-state index contributed by atoms with van der Waals surface area (Å²) < 4.78 is 11.2. The number of ether oxygens (including phenoxy) is 2. The van der Waals surface area contributed by atoms with Gasteiger partial charge in [-0.2, -0.15) is 0 Å². The molecule has 1 saturated heterocycles. The molecule has 1 fully saturated rings. The number of aromatic nitrogens is 1. The van der Waals surface area contributed by atoms with E-state index in [0.717, 1.165) is 46.6 Å². The molecule has 1 N–H and O–H groups in total. The van der Waals surface area contributed by atoms with E-state index in [0.29, 0.717) is 19.6 Å². The SMILES string of the molecule is CC(C)(C)OC(=O)NC(Cc1ccccc1)c1ccc(N(c2ccc3ccccc3n2)N2CCOCC2)cc1. The molecule has 0 bridgehead atoms. The highest BCUT2D eigenvalue weighted by atomic mass is 16.6. The normalized spacial score (nSPS) is 15.1. The summed E-state index contributed by atoms with van der Waals surface area (Å²) in [6.45, 7) is 8.49. The average Bonchev–Trinajstić information content (AvgIpc) is 2.93. The van der Waals surface area contributed by atoms with Gasteiger partial charge in [-0.25, -0.2) is 14.8 Å². The van der Waals surface area contributed by atoms with Gasteiger partial charge >= 0.3 is 6.09 Å². The number of fused-ring (bicyclic) bond motifs is 1. The van der Waals surface area contributed by atoms with Crippen LogP contribution in [0.3, 0.4) is 0 Å². The molecule has 1 aliphatic heterocycles. The number of nitrogens with zero attached hydrogens (tertiary/aromatic N) is 3. The fourth-order valence-corrected chi connectivity index (χ4v) is 4.77. The molecule has 1 atom stereocenters. The van der Waals surface area contributed by atoms with Crippen LogP contribution in [-0.2, 0) is 15.9 Å². The summed E-state index contributed by atoms with van der Waals surface area (Å²) in [7, 11) is 0. The molecule has 1 aliphatic rings. The van der Waals surface area contributed by atoms with Crippen molar-refractivity contribution in [2.24, 2.45) is 0 Å². The van der Waals surface area contributed by atoms with Crippen molar-refractivity contribution < 1.29 is 14.3 Å². The van der Waals surface area contributed by atoms with Crippen LogP contribution in [0.25, 0.3) is 10.9 Å². The zero-order valence-corrected chi connectivity index (χ0v) is 22.8. The Balaban J connectivity index is 1.45. The maximum atomic E-state index is 12.7. The highest BCUT2D eigenvalue weighted by Crippen LogP contribution is 2.30. The van der Waals surface area contributed by atoms with Crippen LogP contribution in [0.4, 0.5) is 16.3 Å². The minimum Gasteiger partial charge on any atom is -0.444 e. The molecule has 1 unspecified atom stereocenters. The second-order valence-electron chi connectivity index (χ2n) is 10.7. The lowest BCUT2D eigenvalue weighted by molar-refractivity contribution is 0.0375. The van der Waals surface area contributed by atoms with Gasteiger partial charge in [-0.15, -0.1) is 0 Å². The number of carbonyl (C=O) groups is 1. The summed E-state index contributed by atoms with van der Waals surface area (Å²) in [6, 6.07) is 30.6. The van der Waals surface area contributed by atoms with Crippen molar-refractivity contribution in [3.05, 3.63) is 102 Å². The molecule has 0 aliphatic carbocycles. The number of anilines is 2. The zero-order chi connectivity index (χ0) is 27.2. The molecule has 0 spiro atoms. The highest BCUT2D eigenvalue weighted by molar-refractivity contribution is 5.81. The Kier molecular flexibility index (Phi) is 8.10. The van der Waals surface area contributed by atoms with Gasteiger partial charge in [-0.05, 0) is 68.7 Å². The van der Waals surface area contributed by atoms with Gasteiger partial charge in [0, 0.05) is 18.5 Å². The first-order valence-electron chi connectivity index (χ1n) is 13.5. The number of alkyl carbamates (subject to hydrolysis) is 1. The zero-order valence-electron chi connectivity index (χ0n) is 22.8. The number of hydrogen-bond donors (Lipinski definition) is 1. The lowest BCUT2D eigenvalue weighted by atomic mass is 9.98. The van der Waals surface area contributed by atoms with Crippen LogP contribution in [0.15, 0.2) is 91.0 Å². The topological polar surface area (TPSA) is 66.9 Å². The van der Waals surface area contributed by atoms with Crippen LogP contribution in [-0.4, -0.2) is 48.0 Å². The number of benzene rings is 3. The van der Waals surface area contributed by atoms with Crippen LogP contribution < -0.4 is 10.3 Å². The number of morpholine rings is 1. The molecular formula is C32H36N4O3. The fourth-order valence-electron chi connectivity index (χ4n) is 4.77. The Bertz CT molecular complexity index is 1380. The van der Waals surface area contributed by atoms with Crippen molar-refractivity contribution in [1.82, 2.24) is 15.3 Å². The number of para-hydroxylation sites is 1. The summed E-state index contributed by atoms with van der Waals surface area (Å²) in [5.74, 6) is 0.857. The monoisotopic (exact) mass is 524 g/mol. The second-order valence-corrected chi connectivity index (χ2v) is 10.7. The molecule has 39 heavy (non-hydrogen) atoms. The van der Waals surface area contributed by atoms with Crippen LogP contribution >= 0.6 is 0 Å². The third kappa shape index (κ3) is 6.93. The maximum absolute atomic E-state index is 12.7. The Labute approximate surface area is 230 Å². The summed E-state index contributed by atoms with van der Waals surface area (Å²) in [5.41, 5.74) is 3.52. The van der Waals surface area contributed by atoms with Gasteiger partial charge in [0.15, 0.2) is 0 Å². The summed E-state index contributed by atoms with van der Waals surface area (Å²) in [5, 5.41) is 8.64. The smallest absolute Gasteiger partial charge is 0.408 e. The van der Waals surface area contributed by atoms with Gasteiger partial charge in [0.25, 0.3) is 0 Å². The van der Waals surface area contributed by atoms with Crippen molar-refractivity contribution >= 4 is 28.5 Å². The van der Waals surface area contributed by atoms with E-state index in [9.17, 15) is 4.79 Å². The fraction of sp³-hybridized carbons (Fsp3) is 0.312. The third-order valence-corrected chi connectivity index (χ3v) is 6.58. The number of pyridine rings is 1. The van der Waals surface area contributed by atoms with Crippen LogP contribution in [0.2, 0.25) is 0 Å². The van der Waals surface area contributed by atoms with Crippen molar-refractivity contribution in [3.63, 3.8) is 0 Å². The van der Waals surface area contributed by atoms with E-state index in [1.165, 1.54) is 0 Å². The minimum absolute atomic E-state index is 0.244. The van der Waals surface area contributed by atoms with E-state index in [4.69, 9.17) is 14.5 Å². The van der Waals surface area contributed by atoms with E-state index >= 15 is 0 Å². The van der Waals surface area contributed by atoms with Crippen molar-refractivity contribution in [1.29, 1.82) is 0 Å². The molecule has 0 radical (unpaired) electrons. The van der Waals surface area contributed by atoms with Gasteiger partial charge in [0.2, 0.25) is 0 Å². The summed E-state index contributed by atoms with van der Waals surface area (Å²) in [6.07, 6.45) is 0.224. The minimum atomic E-state index is -0.573. The summed E-state index contributed by atoms with van der Waals surface area (Å²) >= 11 is 0. The molecule has 202 valence electrons.